The molecule has 0 spiro atoms. The number of aromatic nitrogens is 2. The van der Waals surface area contributed by atoms with E-state index in [1.165, 1.54) is 5.56 Å². The zero-order valence-corrected chi connectivity index (χ0v) is 14.8. The van der Waals surface area contributed by atoms with Crippen LogP contribution in [0.2, 0.25) is 0 Å². The van der Waals surface area contributed by atoms with Crippen molar-refractivity contribution in [3.8, 4) is 11.3 Å². The van der Waals surface area contributed by atoms with E-state index in [-0.39, 0.29) is 12.2 Å². The summed E-state index contributed by atoms with van der Waals surface area (Å²) >= 11 is 0. The van der Waals surface area contributed by atoms with Gasteiger partial charge in [-0.3, -0.25) is 15.0 Å². The zero-order valence-electron chi connectivity index (χ0n) is 14.8. The molecule has 134 valence electrons. The second kappa shape index (κ2) is 7.93. The molecule has 6 nitrogen and oxygen atoms in total. The Balaban J connectivity index is 1.68. The van der Waals surface area contributed by atoms with Crippen LogP contribution in [0, 0.1) is 6.92 Å². The molecular weight excluding hydrogens is 330 g/mol. The highest BCUT2D eigenvalue weighted by atomic mass is 16.5. The van der Waals surface area contributed by atoms with Crippen LogP contribution in [0.25, 0.3) is 11.3 Å². The molecule has 0 aliphatic heterocycles. The van der Waals surface area contributed by atoms with E-state index in [1.807, 2.05) is 38.1 Å². The molecule has 0 radical (unpaired) electrons. The number of hydrogen-bond acceptors (Lipinski definition) is 5. The van der Waals surface area contributed by atoms with Crippen LogP contribution in [0.15, 0.2) is 53.2 Å². The largest absolute Gasteiger partial charge is 0.440 e. The molecule has 1 aromatic carbocycles. The molecule has 0 aliphatic carbocycles. The fourth-order valence-corrected chi connectivity index (χ4v) is 2.52. The van der Waals surface area contributed by atoms with E-state index in [1.54, 1.807) is 24.5 Å². The number of rotatable bonds is 6. The lowest BCUT2D eigenvalue weighted by molar-refractivity contribution is -0.0582. The Morgan fingerprint density at radius 3 is 2.54 bits per heavy atom. The minimum absolute atomic E-state index is 0.206. The smallest absolute Gasteiger partial charge is 0.295 e. The van der Waals surface area contributed by atoms with Crippen LogP contribution in [0.3, 0.4) is 0 Å². The Morgan fingerprint density at radius 1 is 1.12 bits per heavy atom. The minimum atomic E-state index is -0.504. The van der Waals surface area contributed by atoms with Gasteiger partial charge in [0.1, 0.15) is 5.69 Å². The SMILES string of the molecule is CCCN(O)C(=O)c1ccc(Cc2ncc(-c3ccc(C)cc3)o2)cn1. The van der Waals surface area contributed by atoms with Gasteiger partial charge in [-0.25, -0.2) is 10.0 Å². The Morgan fingerprint density at radius 2 is 1.88 bits per heavy atom. The van der Waals surface area contributed by atoms with Crippen molar-refractivity contribution >= 4 is 5.91 Å². The topological polar surface area (TPSA) is 79.5 Å². The van der Waals surface area contributed by atoms with Crippen LogP contribution < -0.4 is 0 Å². The number of pyridine rings is 1. The van der Waals surface area contributed by atoms with Gasteiger partial charge in [0.25, 0.3) is 5.91 Å². The van der Waals surface area contributed by atoms with Crippen molar-refractivity contribution in [3.05, 3.63) is 71.5 Å². The lowest BCUT2D eigenvalue weighted by atomic mass is 10.1. The second-order valence-electron chi connectivity index (χ2n) is 6.14. The summed E-state index contributed by atoms with van der Waals surface area (Å²) in [5, 5.41) is 10.3. The molecule has 0 bridgehead atoms. The van der Waals surface area contributed by atoms with Crippen molar-refractivity contribution in [2.24, 2.45) is 0 Å². The summed E-state index contributed by atoms with van der Waals surface area (Å²) in [6.45, 7) is 4.20. The van der Waals surface area contributed by atoms with Crippen molar-refractivity contribution in [3.63, 3.8) is 0 Å². The summed E-state index contributed by atoms with van der Waals surface area (Å²) in [6, 6.07) is 11.4. The number of hydrogen-bond donors (Lipinski definition) is 1. The summed E-state index contributed by atoms with van der Waals surface area (Å²) in [5.74, 6) is 0.794. The van der Waals surface area contributed by atoms with Gasteiger partial charge in [0.2, 0.25) is 0 Å². The number of nitrogens with zero attached hydrogens (tertiary/aromatic N) is 3. The third-order valence-corrected chi connectivity index (χ3v) is 3.96. The first-order chi connectivity index (χ1) is 12.6. The van der Waals surface area contributed by atoms with Crippen molar-refractivity contribution in [2.45, 2.75) is 26.7 Å². The quantitative estimate of drug-likeness (QED) is 0.538. The fourth-order valence-electron chi connectivity index (χ4n) is 2.52. The molecule has 3 aromatic rings. The van der Waals surface area contributed by atoms with Gasteiger partial charge < -0.3 is 4.42 Å². The highest BCUT2D eigenvalue weighted by Gasteiger charge is 2.14. The number of carbonyl (C=O) groups is 1. The zero-order chi connectivity index (χ0) is 18.5. The summed E-state index contributed by atoms with van der Waals surface area (Å²) in [6.07, 6.45) is 4.46. The van der Waals surface area contributed by atoms with E-state index in [2.05, 4.69) is 9.97 Å². The molecule has 0 unspecified atom stereocenters. The molecule has 1 amide bonds. The molecule has 2 aromatic heterocycles. The van der Waals surface area contributed by atoms with Crippen LogP contribution in [-0.2, 0) is 6.42 Å². The Bertz CT molecular complexity index is 870. The predicted octanol–water partition coefficient (Wildman–Crippen LogP) is 3.88. The van der Waals surface area contributed by atoms with E-state index in [0.717, 1.165) is 16.9 Å². The molecule has 26 heavy (non-hydrogen) atoms. The second-order valence-corrected chi connectivity index (χ2v) is 6.14. The van der Waals surface area contributed by atoms with Gasteiger partial charge in [-0.05, 0) is 25.0 Å². The van der Waals surface area contributed by atoms with Gasteiger partial charge in [0.05, 0.1) is 12.6 Å². The minimum Gasteiger partial charge on any atom is -0.440 e. The first-order valence-corrected chi connectivity index (χ1v) is 8.54. The van der Waals surface area contributed by atoms with Gasteiger partial charge in [0, 0.05) is 18.3 Å². The number of aryl methyl sites for hydroxylation is 1. The number of hydroxylamine groups is 2. The maximum absolute atomic E-state index is 12.0. The van der Waals surface area contributed by atoms with Gasteiger partial charge >= 0.3 is 0 Å². The van der Waals surface area contributed by atoms with Gasteiger partial charge in [0.15, 0.2) is 11.7 Å². The summed E-state index contributed by atoms with van der Waals surface area (Å²) in [5.41, 5.74) is 3.25. The van der Waals surface area contributed by atoms with E-state index in [9.17, 15) is 10.0 Å². The number of carbonyl (C=O) groups excluding carboxylic acids is 1. The van der Waals surface area contributed by atoms with E-state index in [0.29, 0.717) is 23.8 Å². The van der Waals surface area contributed by atoms with E-state index in [4.69, 9.17) is 4.42 Å². The summed E-state index contributed by atoms with van der Waals surface area (Å²) in [7, 11) is 0. The third-order valence-electron chi connectivity index (χ3n) is 3.96. The van der Waals surface area contributed by atoms with Crippen LogP contribution >= 0.6 is 0 Å². The molecular formula is C20H21N3O3. The molecule has 0 saturated carbocycles. The normalized spacial score (nSPS) is 10.7. The fraction of sp³-hybridized carbons (Fsp3) is 0.250. The van der Waals surface area contributed by atoms with Gasteiger partial charge in [-0.15, -0.1) is 0 Å². The standard InChI is InChI=1S/C20H21N3O3/c1-3-10-23(25)20(24)17-9-6-15(12-21-17)11-19-22-13-18(26-19)16-7-4-14(2)5-8-16/h4-9,12-13,25H,3,10-11H2,1-2H3. The maximum Gasteiger partial charge on any atom is 0.295 e. The number of amides is 1. The first-order valence-electron chi connectivity index (χ1n) is 8.54. The third kappa shape index (κ3) is 4.15. The Hall–Kier alpha value is -2.99. The summed E-state index contributed by atoms with van der Waals surface area (Å²) < 4.78 is 5.81. The van der Waals surface area contributed by atoms with Crippen molar-refractivity contribution in [2.75, 3.05) is 6.54 Å². The van der Waals surface area contributed by atoms with Crippen molar-refractivity contribution in [1.82, 2.24) is 15.0 Å². The molecule has 0 fully saturated rings. The van der Waals surface area contributed by atoms with Gasteiger partial charge in [-0.1, -0.05) is 42.8 Å². The van der Waals surface area contributed by atoms with Crippen LogP contribution in [-0.4, -0.2) is 32.7 Å². The number of oxazole rings is 1. The molecule has 1 N–H and O–H groups in total. The van der Waals surface area contributed by atoms with Crippen molar-refractivity contribution in [1.29, 1.82) is 0 Å². The molecule has 2 heterocycles. The van der Waals surface area contributed by atoms with Crippen LogP contribution in [0.5, 0.6) is 0 Å². The predicted molar refractivity (Wildman–Crippen MR) is 96.8 cm³/mol. The molecule has 0 saturated heterocycles. The Kier molecular flexibility index (Phi) is 5.43. The van der Waals surface area contributed by atoms with Crippen molar-refractivity contribution < 1.29 is 14.4 Å². The molecule has 3 rings (SSSR count). The average Bonchev–Trinajstić information content (AvgIpc) is 3.11. The van der Waals surface area contributed by atoms with Crippen LogP contribution in [0.4, 0.5) is 0 Å². The highest BCUT2D eigenvalue weighted by molar-refractivity contribution is 5.91. The first kappa shape index (κ1) is 17.8. The maximum atomic E-state index is 12.0. The lowest BCUT2D eigenvalue weighted by Crippen LogP contribution is -2.28. The van der Waals surface area contributed by atoms with E-state index < -0.39 is 5.91 Å². The Labute approximate surface area is 152 Å². The number of benzene rings is 1. The summed E-state index contributed by atoms with van der Waals surface area (Å²) in [4.78, 5) is 20.4. The average molecular weight is 351 g/mol. The van der Waals surface area contributed by atoms with Gasteiger partial charge in [-0.2, -0.15) is 0 Å². The van der Waals surface area contributed by atoms with E-state index >= 15 is 0 Å². The lowest BCUT2D eigenvalue weighted by Gasteiger charge is -2.12. The monoisotopic (exact) mass is 351 g/mol. The van der Waals surface area contributed by atoms with Crippen LogP contribution in [0.1, 0.15) is 40.9 Å². The molecule has 0 aliphatic rings. The molecule has 6 heteroatoms. The highest BCUT2D eigenvalue weighted by Crippen LogP contribution is 2.22. The molecule has 0 atom stereocenters.